The van der Waals surface area contributed by atoms with Gasteiger partial charge < -0.3 is 15.5 Å². The van der Waals surface area contributed by atoms with E-state index in [2.05, 4.69) is 39.8 Å². The minimum absolute atomic E-state index is 0. The van der Waals surface area contributed by atoms with Crippen molar-refractivity contribution >= 4 is 52.3 Å². The van der Waals surface area contributed by atoms with Crippen molar-refractivity contribution < 1.29 is 4.79 Å². The lowest BCUT2D eigenvalue weighted by Gasteiger charge is -2.28. The van der Waals surface area contributed by atoms with E-state index in [-0.39, 0.29) is 42.6 Å². The third-order valence-corrected chi connectivity index (χ3v) is 6.73. The van der Waals surface area contributed by atoms with Gasteiger partial charge in [-0.2, -0.15) is 0 Å². The van der Waals surface area contributed by atoms with E-state index in [1.54, 1.807) is 11.3 Å². The standard InChI is InChI=1S/C21H28N4OS.2ClH/c26-20(23-10-5-13-25-14-11-22-12-15-25)16-6-1-2-7-17(16)21-24-18-8-3-4-9-19(18)27-21;;/h1-4,8-9,16-17,22H,5-7,10-15H2,(H,23,26);2*1H. The van der Waals surface area contributed by atoms with E-state index in [0.29, 0.717) is 0 Å². The molecule has 1 fully saturated rings. The fourth-order valence-electron chi connectivity index (χ4n) is 4.01. The molecule has 1 aliphatic heterocycles. The van der Waals surface area contributed by atoms with Crippen LogP contribution in [0.2, 0.25) is 0 Å². The Morgan fingerprint density at radius 1 is 1.17 bits per heavy atom. The molecule has 2 aromatic rings. The Labute approximate surface area is 189 Å². The zero-order valence-electron chi connectivity index (χ0n) is 16.5. The number of nitrogens with one attached hydrogen (secondary N) is 2. The highest BCUT2D eigenvalue weighted by molar-refractivity contribution is 7.18. The van der Waals surface area contributed by atoms with Crippen molar-refractivity contribution in [3.8, 4) is 0 Å². The average molecular weight is 457 g/mol. The van der Waals surface area contributed by atoms with Crippen LogP contribution in [0, 0.1) is 5.92 Å². The van der Waals surface area contributed by atoms with Crippen LogP contribution in [0.1, 0.15) is 30.2 Å². The van der Waals surface area contributed by atoms with Crippen LogP contribution in [0.4, 0.5) is 0 Å². The number of nitrogens with zero attached hydrogens (tertiary/aromatic N) is 2. The van der Waals surface area contributed by atoms with Gasteiger partial charge in [0.1, 0.15) is 0 Å². The number of para-hydroxylation sites is 1. The molecule has 8 heteroatoms. The monoisotopic (exact) mass is 456 g/mol. The molecule has 0 spiro atoms. The molecular weight excluding hydrogens is 427 g/mol. The van der Waals surface area contributed by atoms with Gasteiger partial charge in [0.05, 0.1) is 21.1 Å². The van der Waals surface area contributed by atoms with Crippen LogP contribution < -0.4 is 10.6 Å². The molecule has 4 rings (SSSR count). The molecule has 29 heavy (non-hydrogen) atoms. The van der Waals surface area contributed by atoms with E-state index >= 15 is 0 Å². The van der Waals surface area contributed by atoms with Crippen LogP contribution in [0.15, 0.2) is 36.4 Å². The van der Waals surface area contributed by atoms with Crippen LogP contribution in [0.25, 0.3) is 10.2 Å². The molecule has 0 saturated carbocycles. The highest BCUT2D eigenvalue weighted by Crippen LogP contribution is 2.38. The minimum atomic E-state index is -0.00486. The zero-order chi connectivity index (χ0) is 18.5. The topological polar surface area (TPSA) is 57.3 Å². The predicted molar refractivity (Wildman–Crippen MR) is 126 cm³/mol. The Kier molecular flexibility index (Phi) is 9.86. The second-order valence-electron chi connectivity index (χ2n) is 7.41. The van der Waals surface area contributed by atoms with Crippen LogP contribution in [-0.2, 0) is 4.79 Å². The zero-order valence-corrected chi connectivity index (χ0v) is 19.0. The fraction of sp³-hybridized carbons (Fsp3) is 0.524. The van der Waals surface area contributed by atoms with E-state index in [1.165, 1.54) is 4.70 Å². The maximum atomic E-state index is 12.9. The summed E-state index contributed by atoms with van der Waals surface area (Å²) < 4.78 is 1.21. The molecule has 1 aromatic heterocycles. The molecule has 2 heterocycles. The number of amides is 1. The summed E-state index contributed by atoms with van der Waals surface area (Å²) in [7, 11) is 0. The molecule has 1 aliphatic carbocycles. The number of carbonyl (C=O) groups excluding carboxylic acids is 1. The second kappa shape index (κ2) is 11.9. The van der Waals surface area contributed by atoms with Crippen molar-refractivity contribution in [3.63, 3.8) is 0 Å². The molecule has 5 nitrogen and oxygen atoms in total. The van der Waals surface area contributed by atoms with Crippen LogP contribution in [0.5, 0.6) is 0 Å². The van der Waals surface area contributed by atoms with Crippen molar-refractivity contribution in [1.29, 1.82) is 0 Å². The summed E-state index contributed by atoms with van der Waals surface area (Å²) in [4.78, 5) is 20.1. The molecule has 2 N–H and O–H groups in total. The molecule has 0 radical (unpaired) electrons. The lowest BCUT2D eigenvalue weighted by atomic mass is 9.82. The smallest absolute Gasteiger partial charge is 0.224 e. The first-order valence-electron chi connectivity index (χ1n) is 10.0. The molecule has 1 saturated heterocycles. The number of fused-ring (bicyclic) bond motifs is 1. The van der Waals surface area contributed by atoms with Gasteiger partial charge in [0.2, 0.25) is 5.91 Å². The van der Waals surface area contributed by atoms with Gasteiger partial charge in [-0.15, -0.1) is 36.2 Å². The van der Waals surface area contributed by atoms with Crippen molar-refractivity contribution in [2.45, 2.75) is 25.2 Å². The van der Waals surface area contributed by atoms with E-state index in [1.807, 2.05) is 12.1 Å². The minimum Gasteiger partial charge on any atom is -0.356 e. The number of benzene rings is 1. The van der Waals surface area contributed by atoms with Crippen molar-refractivity contribution in [2.24, 2.45) is 5.92 Å². The first-order valence-corrected chi connectivity index (χ1v) is 10.8. The summed E-state index contributed by atoms with van der Waals surface area (Å²) in [6, 6.07) is 8.24. The molecule has 160 valence electrons. The third kappa shape index (κ3) is 6.15. The van der Waals surface area contributed by atoms with E-state index in [9.17, 15) is 4.79 Å². The first-order chi connectivity index (χ1) is 13.3. The van der Waals surface area contributed by atoms with Gasteiger partial charge in [-0.1, -0.05) is 24.3 Å². The first kappa shape index (κ1) is 24.1. The van der Waals surface area contributed by atoms with Crippen molar-refractivity contribution in [3.05, 3.63) is 41.4 Å². The van der Waals surface area contributed by atoms with Gasteiger partial charge in [-0.3, -0.25) is 4.79 Å². The summed E-state index contributed by atoms with van der Waals surface area (Å²) in [5, 5.41) is 7.66. The summed E-state index contributed by atoms with van der Waals surface area (Å²) in [5.74, 6) is 0.374. The number of allylic oxidation sites excluding steroid dienone is 2. The van der Waals surface area contributed by atoms with Gasteiger partial charge in [0.25, 0.3) is 0 Å². The Morgan fingerprint density at radius 3 is 2.72 bits per heavy atom. The summed E-state index contributed by atoms with van der Waals surface area (Å²) in [5.41, 5.74) is 1.04. The Morgan fingerprint density at radius 2 is 1.93 bits per heavy atom. The Balaban J connectivity index is 0.00000150. The van der Waals surface area contributed by atoms with Crippen molar-refractivity contribution in [1.82, 2.24) is 20.5 Å². The average Bonchev–Trinajstić information content (AvgIpc) is 3.16. The van der Waals surface area contributed by atoms with E-state index in [4.69, 9.17) is 4.98 Å². The molecule has 0 bridgehead atoms. The fourth-order valence-corrected chi connectivity index (χ4v) is 5.15. The number of rotatable bonds is 6. The molecule has 1 amide bonds. The SMILES string of the molecule is Cl.Cl.O=C(NCCCN1CCNCC1)C1CC=CCC1c1nc2ccccc2s1. The summed E-state index contributed by atoms with van der Waals surface area (Å²) in [6.07, 6.45) is 7.07. The number of halogens is 2. The van der Waals surface area contributed by atoms with Gasteiger partial charge in [-0.05, 0) is 37.9 Å². The largest absolute Gasteiger partial charge is 0.356 e. The number of thiazole rings is 1. The summed E-state index contributed by atoms with van der Waals surface area (Å²) >= 11 is 1.73. The number of carbonyl (C=O) groups is 1. The summed E-state index contributed by atoms with van der Waals surface area (Å²) in [6.45, 7) is 6.20. The van der Waals surface area contributed by atoms with Gasteiger partial charge in [-0.25, -0.2) is 4.98 Å². The maximum Gasteiger partial charge on any atom is 0.224 e. The number of hydrogen-bond acceptors (Lipinski definition) is 5. The highest BCUT2D eigenvalue weighted by Gasteiger charge is 2.32. The normalized spacial score (nSPS) is 21.9. The van der Waals surface area contributed by atoms with Gasteiger partial charge >= 0.3 is 0 Å². The van der Waals surface area contributed by atoms with Crippen LogP contribution in [-0.4, -0.2) is 55.1 Å². The molecule has 2 unspecified atom stereocenters. The number of hydrogen-bond donors (Lipinski definition) is 2. The van der Waals surface area contributed by atoms with E-state index in [0.717, 1.165) is 69.1 Å². The second-order valence-corrected chi connectivity index (χ2v) is 8.47. The third-order valence-electron chi connectivity index (χ3n) is 5.56. The predicted octanol–water partition coefficient (Wildman–Crippen LogP) is 3.60. The van der Waals surface area contributed by atoms with Gasteiger partial charge in [0.15, 0.2) is 0 Å². The van der Waals surface area contributed by atoms with Gasteiger partial charge in [0, 0.05) is 38.6 Å². The lowest BCUT2D eigenvalue weighted by Crippen LogP contribution is -2.44. The molecular formula is C21H30Cl2N4OS. The lowest BCUT2D eigenvalue weighted by molar-refractivity contribution is -0.125. The molecule has 2 atom stereocenters. The maximum absolute atomic E-state index is 12.9. The Hall–Kier alpha value is -1.18. The van der Waals surface area contributed by atoms with Crippen LogP contribution >= 0.6 is 36.2 Å². The van der Waals surface area contributed by atoms with Crippen molar-refractivity contribution in [2.75, 3.05) is 39.3 Å². The highest BCUT2D eigenvalue weighted by atomic mass is 35.5. The van der Waals surface area contributed by atoms with Crippen LogP contribution in [0.3, 0.4) is 0 Å². The quantitative estimate of drug-likeness (QED) is 0.514. The number of piperazine rings is 1. The van der Waals surface area contributed by atoms with E-state index < -0.39 is 0 Å². The molecule has 1 aromatic carbocycles. The number of aromatic nitrogens is 1. The molecule has 2 aliphatic rings. The Bertz CT molecular complexity index is 774.